The minimum absolute atomic E-state index is 0.170. The SMILES string of the molecule is C#CC.C/C=C\C=C(/CC)[C@@H]1CCN1c1ccc(F)cc1.CC[C@H](O)c1ccc(F)cc1. The Hall–Kier alpha value is -2.90. The van der Waals surface area contributed by atoms with Crippen LogP contribution in [0.2, 0.25) is 0 Å². The predicted octanol–water partition coefficient (Wildman–Crippen LogP) is 7.23. The molecule has 0 aliphatic carbocycles. The maximum atomic E-state index is 12.9. The predicted molar refractivity (Wildman–Crippen MR) is 131 cm³/mol. The van der Waals surface area contributed by atoms with Crippen LogP contribution < -0.4 is 4.90 Å². The molecule has 0 saturated carbocycles. The van der Waals surface area contributed by atoms with Gasteiger partial charge in [0.2, 0.25) is 0 Å². The van der Waals surface area contributed by atoms with Crippen molar-refractivity contribution in [3.8, 4) is 12.3 Å². The number of terminal acetylenes is 1. The fourth-order valence-electron chi connectivity index (χ4n) is 3.32. The molecule has 1 aliphatic heterocycles. The average Bonchev–Trinajstić information content (AvgIpc) is 2.78. The largest absolute Gasteiger partial charge is 0.388 e. The molecular formula is C28H35F2NO. The van der Waals surface area contributed by atoms with E-state index in [9.17, 15) is 13.9 Å². The summed E-state index contributed by atoms with van der Waals surface area (Å²) in [5.41, 5.74) is 3.34. The molecule has 1 heterocycles. The fourth-order valence-corrected chi connectivity index (χ4v) is 3.32. The summed E-state index contributed by atoms with van der Waals surface area (Å²) in [6, 6.07) is 13.2. The van der Waals surface area contributed by atoms with E-state index in [4.69, 9.17) is 0 Å². The second kappa shape index (κ2) is 15.0. The molecule has 1 aliphatic rings. The van der Waals surface area contributed by atoms with Crippen molar-refractivity contribution in [2.75, 3.05) is 11.4 Å². The van der Waals surface area contributed by atoms with Crippen LogP contribution in [0.3, 0.4) is 0 Å². The summed E-state index contributed by atoms with van der Waals surface area (Å²) < 4.78 is 25.3. The lowest BCUT2D eigenvalue weighted by Crippen LogP contribution is -2.48. The first-order chi connectivity index (χ1) is 15.4. The van der Waals surface area contributed by atoms with Gasteiger partial charge in [-0.3, -0.25) is 0 Å². The molecule has 172 valence electrons. The standard InChI is InChI=1S/C16H20FN.C9H11FO.C3H4/c1-3-5-6-13(4-2)16-11-12-18(16)15-9-7-14(17)8-10-15;1-2-9(11)7-3-5-8(10)6-4-7;1-3-2/h3,5-10,16H,4,11-12H2,1-2H3;3-6,9,11H,2H2,1H3;1H,2H3/b5-3-,13-6+;;/t16-;9-;/m00./s1. The number of rotatable bonds is 6. The third-order valence-corrected chi connectivity index (χ3v) is 5.16. The van der Waals surface area contributed by atoms with E-state index >= 15 is 0 Å². The molecule has 2 atom stereocenters. The number of hydrogen-bond donors (Lipinski definition) is 1. The third kappa shape index (κ3) is 8.69. The highest BCUT2D eigenvalue weighted by Gasteiger charge is 2.30. The van der Waals surface area contributed by atoms with Gasteiger partial charge in [-0.1, -0.05) is 44.2 Å². The van der Waals surface area contributed by atoms with Crippen LogP contribution in [0.25, 0.3) is 0 Å². The fraction of sp³-hybridized carbons (Fsp3) is 0.357. The van der Waals surface area contributed by atoms with Gasteiger partial charge in [0.05, 0.1) is 12.1 Å². The molecule has 0 radical (unpaired) electrons. The van der Waals surface area contributed by atoms with Crippen LogP contribution in [0.5, 0.6) is 0 Å². The van der Waals surface area contributed by atoms with Gasteiger partial charge in [0.15, 0.2) is 0 Å². The van der Waals surface area contributed by atoms with E-state index in [1.807, 2.05) is 26.0 Å². The van der Waals surface area contributed by atoms with Crippen LogP contribution >= 0.6 is 0 Å². The number of hydrogen-bond acceptors (Lipinski definition) is 2. The molecule has 0 unspecified atom stereocenters. The molecule has 4 heteroatoms. The van der Waals surface area contributed by atoms with Crippen molar-refractivity contribution < 1.29 is 13.9 Å². The molecule has 2 aromatic carbocycles. The van der Waals surface area contributed by atoms with Crippen LogP contribution in [-0.4, -0.2) is 17.7 Å². The molecule has 3 rings (SSSR count). The van der Waals surface area contributed by atoms with Crippen molar-refractivity contribution in [3.63, 3.8) is 0 Å². The molecule has 1 fully saturated rings. The summed E-state index contributed by atoms with van der Waals surface area (Å²) in [5, 5.41) is 9.30. The number of aliphatic hydroxyl groups excluding tert-OH is 1. The van der Waals surface area contributed by atoms with Crippen LogP contribution in [0.4, 0.5) is 14.5 Å². The Kier molecular flexibility index (Phi) is 12.7. The van der Waals surface area contributed by atoms with E-state index in [1.165, 1.54) is 36.3 Å². The highest BCUT2D eigenvalue weighted by Crippen LogP contribution is 2.32. The summed E-state index contributed by atoms with van der Waals surface area (Å²) in [5.74, 6) is 1.81. The first-order valence-corrected chi connectivity index (χ1v) is 11.1. The first kappa shape index (κ1) is 27.1. The Morgan fingerprint density at radius 2 is 1.66 bits per heavy atom. The molecule has 0 aromatic heterocycles. The molecule has 2 aromatic rings. The van der Waals surface area contributed by atoms with Gasteiger partial charge in [-0.2, -0.15) is 0 Å². The lowest BCUT2D eigenvalue weighted by molar-refractivity contribution is 0.173. The number of benzene rings is 2. The molecule has 32 heavy (non-hydrogen) atoms. The zero-order chi connectivity index (χ0) is 23.9. The first-order valence-electron chi connectivity index (χ1n) is 11.1. The van der Waals surface area contributed by atoms with E-state index in [0.29, 0.717) is 12.5 Å². The van der Waals surface area contributed by atoms with Crippen LogP contribution in [0.1, 0.15) is 58.6 Å². The van der Waals surface area contributed by atoms with Gasteiger partial charge in [-0.15, -0.1) is 12.3 Å². The van der Waals surface area contributed by atoms with Crippen LogP contribution in [0, 0.1) is 24.0 Å². The topological polar surface area (TPSA) is 23.5 Å². The molecular weight excluding hydrogens is 404 g/mol. The lowest BCUT2D eigenvalue weighted by atomic mass is 9.91. The van der Waals surface area contributed by atoms with Crippen molar-refractivity contribution in [1.29, 1.82) is 0 Å². The van der Waals surface area contributed by atoms with E-state index in [2.05, 4.69) is 42.4 Å². The van der Waals surface area contributed by atoms with E-state index in [1.54, 1.807) is 19.1 Å². The Labute approximate surface area is 192 Å². The third-order valence-electron chi connectivity index (χ3n) is 5.16. The maximum absolute atomic E-state index is 12.9. The Balaban J connectivity index is 0.000000312. The highest BCUT2D eigenvalue weighted by atomic mass is 19.1. The zero-order valence-corrected chi connectivity index (χ0v) is 19.6. The number of nitrogens with zero attached hydrogens (tertiary/aromatic N) is 1. The summed E-state index contributed by atoms with van der Waals surface area (Å²) in [6.45, 7) is 8.82. The zero-order valence-electron chi connectivity index (χ0n) is 19.6. The molecule has 1 saturated heterocycles. The average molecular weight is 440 g/mol. The van der Waals surface area contributed by atoms with E-state index in [-0.39, 0.29) is 11.6 Å². The maximum Gasteiger partial charge on any atom is 0.123 e. The number of anilines is 1. The van der Waals surface area contributed by atoms with Crippen molar-refractivity contribution in [2.24, 2.45) is 0 Å². The number of aliphatic hydroxyl groups is 1. The van der Waals surface area contributed by atoms with Crippen molar-refractivity contribution in [1.82, 2.24) is 0 Å². The van der Waals surface area contributed by atoms with Gasteiger partial charge in [-0.05, 0) is 80.6 Å². The molecule has 2 nitrogen and oxygen atoms in total. The second-order valence-electron chi connectivity index (χ2n) is 7.36. The van der Waals surface area contributed by atoms with Crippen LogP contribution in [-0.2, 0) is 0 Å². The second-order valence-corrected chi connectivity index (χ2v) is 7.36. The quantitative estimate of drug-likeness (QED) is 0.379. The van der Waals surface area contributed by atoms with Crippen LogP contribution in [0.15, 0.2) is 72.3 Å². The van der Waals surface area contributed by atoms with Gasteiger partial charge >= 0.3 is 0 Å². The van der Waals surface area contributed by atoms with Crippen molar-refractivity contribution in [2.45, 2.75) is 59.1 Å². The summed E-state index contributed by atoms with van der Waals surface area (Å²) in [6.07, 6.45) is 13.4. The smallest absolute Gasteiger partial charge is 0.123 e. The van der Waals surface area contributed by atoms with Gasteiger partial charge in [0.1, 0.15) is 11.6 Å². The minimum Gasteiger partial charge on any atom is -0.388 e. The molecule has 0 bridgehead atoms. The number of halogens is 2. The van der Waals surface area contributed by atoms with Gasteiger partial charge in [0, 0.05) is 12.2 Å². The Morgan fingerprint density at radius 3 is 2.06 bits per heavy atom. The normalized spacial score (nSPS) is 16.1. The lowest BCUT2D eigenvalue weighted by Gasteiger charge is -2.44. The highest BCUT2D eigenvalue weighted by molar-refractivity contribution is 5.52. The van der Waals surface area contributed by atoms with Crippen molar-refractivity contribution >= 4 is 5.69 Å². The van der Waals surface area contributed by atoms with Crippen molar-refractivity contribution in [3.05, 3.63) is 89.5 Å². The summed E-state index contributed by atoms with van der Waals surface area (Å²) in [7, 11) is 0. The van der Waals surface area contributed by atoms with E-state index in [0.717, 1.165) is 24.2 Å². The number of allylic oxidation sites excluding steroid dienone is 3. The molecule has 0 amide bonds. The van der Waals surface area contributed by atoms with Gasteiger partial charge in [0.25, 0.3) is 0 Å². The Bertz CT molecular complexity index is 879. The minimum atomic E-state index is -0.462. The van der Waals surface area contributed by atoms with Gasteiger partial charge in [-0.25, -0.2) is 8.78 Å². The summed E-state index contributed by atoms with van der Waals surface area (Å²) in [4.78, 5) is 2.35. The molecule has 0 spiro atoms. The monoisotopic (exact) mass is 439 g/mol. The molecule has 1 N–H and O–H groups in total. The summed E-state index contributed by atoms with van der Waals surface area (Å²) >= 11 is 0. The Morgan fingerprint density at radius 1 is 1.12 bits per heavy atom. The van der Waals surface area contributed by atoms with Gasteiger partial charge < -0.3 is 10.0 Å². The van der Waals surface area contributed by atoms with E-state index < -0.39 is 6.10 Å².